The Bertz CT molecular complexity index is 3440. The highest BCUT2D eigenvalue weighted by atomic mass is 32.1. The lowest BCUT2D eigenvalue weighted by Gasteiger charge is -2.19. The first-order valence-electron chi connectivity index (χ1n) is 18.5. The number of rotatable bonds is 3. The molecule has 250 valence electrons. The van der Waals surface area contributed by atoms with E-state index in [1.807, 2.05) is 11.3 Å². The molecule has 2 heterocycles. The molecule has 0 aliphatic carbocycles. The normalized spacial score (nSPS) is 12.1. The van der Waals surface area contributed by atoms with Crippen molar-refractivity contribution in [3.8, 4) is 33.4 Å². The van der Waals surface area contributed by atoms with Crippen LogP contribution in [0.5, 0.6) is 0 Å². The van der Waals surface area contributed by atoms with E-state index in [0.29, 0.717) is 0 Å². The van der Waals surface area contributed by atoms with Crippen LogP contribution in [0.3, 0.4) is 0 Å². The van der Waals surface area contributed by atoms with E-state index in [9.17, 15) is 0 Å². The van der Waals surface area contributed by atoms with Crippen LogP contribution in [0.25, 0.3) is 119 Å². The molecule has 0 amide bonds. The van der Waals surface area contributed by atoms with Crippen LogP contribution in [0.15, 0.2) is 186 Å². The highest BCUT2D eigenvalue weighted by molar-refractivity contribution is 7.26. The standard InChI is InChI=1S/C52H30OS/c1-2-14-31(15-3-1)48-37-20-8-10-22-39(37)49(40-23-11-9-21-38(40)48)41-27-26-36(34-18-6-7-19-35(34)41)43-30-47-50(42-24-12-13-25-46(42)54-47)51-44-28-32-16-4-5-17-33(32)29-45(44)53-52(43)51/h1-30H. The molecule has 12 rings (SSSR count). The second-order valence-corrected chi connectivity index (χ2v) is 15.4. The molecule has 0 radical (unpaired) electrons. The van der Waals surface area contributed by atoms with Gasteiger partial charge in [0.05, 0.1) is 0 Å². The first-order chi connectivity index (χ1) is 26.8. The zero-order valence-electron chi connectivity index (χ0n) is 29.1. The van der Waals surface area contributed by atoms with Crippen molar-refractivity contribution in [2.75, 3.05) is 0 Å². The minimum atomic E-state index is 0.921. The van der Waals surface area contributed by atoms with Crippen molar-refractivity contribution in [2.45, 2.75) is 0 Å². The third-order valence-electron chi connectivity index (χ3n) is 11.4. The van der Waals surface area contributed by atoms with Gasteiger partial charge >= 0.3 is 0 Å². The van der Waals surface area contributed by atoms with Gasteiger partial charge in [-0.05, 0) is 95.2 Å². The molecule has 2 heteroatoms. The summed E-state index contributed by atoms with van der Waals surface area (Å²) in [4.78, 5) is 0. The van der Waals surface area contributed by atoms with Crippen LogP contribution in [0, 0.1) is 0 Å². The number of furan rings is 1. The van der Waals surface area contributed by atoms with E-state index in [1.54, 1.807) is 0 Å². The van der Waals surface area contributed by atoms with Gasteiger partial charge in [-0.25, -0.2) is 0 Å². The molecule has 0 spiro atoms. The topological polar surface area (TPSA) is 13.1 Å². The second-order valence-electron chi connectivity index (χ2n) is 14.3. The minimum absolute atomic E-state index is 0.921. The molecular formula is C52H30OS. The molecular weight excluding hydrogens is 673 g/mol. The summed E-state index contributed by atoms with van der Waals surface area (Å²) in [6.07, 6.45) is 0. The molecule has 0 saturated carbocycles. The van der Waals surface area contributed by atoms with Crippen molar-refractivity contribution in [2.24, 2.45) is 0 Å². The molecule has 1 nitrogen and oxygen atoms in total. The van der Waals surface area contributed by atoms with Gasteiger partial charge in [-0.3, -0.25) is 0 Å². The number of benzene rings is 10. The van der Waals surface area contributed by atoms with Crippen LogP contribution in [0.2, 0.25) is 0 Å². The molecule has 0 fully saturated rings. The highest BCUT2D eigenvalue weighted by Gasteiger charge is 2.23. The highest BCUT2D eigenvalue weighted by Crippen LogP contribution is 2.50. The zero-order chi connectivity index (χ0) is 35.3. The molecule has 0 unspecified atom stereocenters. The first-order valence-corrected chi connectivity index (χ1v) is 19.3. The summed E-state index contributed by atoms with van der Waals surface area (Å²) in [6.45, 7) is 0. The van der Waals surface area contributed by atoms with Gasteiger partial charge in [-0.2, -0.15) is 0 Å². The molecule has 0 atom stereocenters. The summed E-state index contributed by atoms with van der Waals surface area (Å²) in [7, 11) is 0. The predicted octanol–water partition coefficient (Wildman–Crippen LogP) is 15.6. The van der Waals surface area contributed by atoms with E-state index < -0.39 is 0 Å². The van der Waals surface area contributed by atoms with Gasteiger partial charge in [-0.1, -0.05) is 158 Å². The van der Waals surface area contributed by atoms with Crippen LogP contribution in [0.4, 0.5) is 0 Å². The van der Waals surface area contributed by atoms with E-state index in [-0.39, 0.29) is 0 Å². The maximum absolute atomic E-state index is 7.01. The molecule has 10 aromatic carbocycles. The third kappa shape index (κ3) is 4.20. The van der Waals surface area contributed by atoms with Crippen molar-refractivity contribution in [1.29, 1.82) is 0 Å². The van der Waals surface area contributed by atoms with Crippen LogP contribution < -0.4 is 0 Å². The Morgan fingerprint density at radius 2 is 0.870 bits per heavy atom. The molecule has 0 aliphatic rings. The average Bonchev–Trinajstić information content (AvgIpc) is 3.79. The fraction of sp³-hybridized carbons (Fsp3) is 0. The molecule has 0 N–H and O–H groups in total. The summed E-state index contributed by atoms with van der Waals surface area (Å²) in [5.74, 6) is 0. The van der Waals surface area contributed by atoms with E-state index in [2.05, 4.69) is 182 Å². The van der Waals surface area contributed by atoms with Crippen LogP contribution in [0.1, 0.15) is 0 Å². The maximum atomic E-state index is 7.01. The molecule has 12 aromatic rings. The lowest BCUT2D eigenvalue weighted by Crippen LogP contribution is -1.92. The number of thiophene rings is 1. The average molecular weight is 703 g/mol. The summed E-state index contributed by atoms with van der Waals surface area (Å²) < 4.78 is 9.58. The van der Waals surface area contributed by atoms with Crippen molar-refractivity contribution in [3.05, 3.63) is 182 Å². The van der Waals surface area contributed by atoms with E-state index >= 15 is 0 Å². The Balaban J connectivity index is 1.19. The smallest absolute Gasteiger partial charge is 0.143 e. The van der Waals surface area contributed by atoms with Gasteiger partial charge < -0.3 is 4.42 Å². The SMILES string of the molecule is c1ccc(-c2c3ccccc3c(-c3ccc(-c4cc5sc6ccccc6c5c5c4oc4cc6ccccc6cc45)c4ccccc34)c3ccccc23)cc1. The zero-order valence-corrected chi connectivity index (χ0v) is 30.0. The Kier molecular flexibility index (Phi) is 6.28. The summed E-state index contributed by atoms with van der Waals surface area (Å²) in [6, 6.07) is 66.6. The predicted molar refractivity (Wildman–Crippen MR) is 233 cm³/mol. The fourth-order valence-corrected chi connectivity index (χ4v) is 10.3. The van der Waals surface area contributed by atoms with Crippen molar-refractivity contribution >= 4 is 96.5 Å². The van der Waals surface area contributed by atoms with Crippen molar-refractivity contribution in [3.63, 3.8) is 0 Å². The largest absolute Gasteiger partial charge is 0.455 e. The van der Waals surface area contributed by atoms with Crippen LogP contribution in [-0.4, -0.2) is 0 Å². The van der Waals surface area contributed by atoms with Gasteiger partial charge in [0.1, 0.15) is 11.2 Å². The monoisotopic (exact) mass is 702 g/mol. The molecule has 0 bridgehead atoms. The summed E-state index contributed by atoms with van der Waals surface area (Å²) in [5, 5.41) is 14.8. The number of fused-ring (bicyclic) bond motifs is 11. The Hall–Kier alpha value is -6.74. The van der Waals surface area contributed by atoms with Crippen molar-refractivity contribution in [1.82, 2.24) is 0 Å². The maximum Gasteiger partial charge on any atom is 0.143 e. The number of hydrogen-bond donors (Lipinski definition) is 0. The molecule has 54 heavy (non-hydrogen) atoms. The quantitative estimate of drug-likeness (QED) is 0.167. The number of hydrogen-bond acceptors (Lipinski definition) is 2. The van der Waals surface area contributed by atoms with Gasteiger partial charge in [0.2, 0.25) is 0 Å². The molecule has 2 aromatic heterocycles. The van der Waals surface area contributed by atoms with Crippen molar-refractivity contribution < 1.29 is 4.42 Å². The van der Waals surface area contributed by atoms with Gasteiger partial charge in [-0.15, -0.1) is 11.3 Å². The Morgan fingerprint density at radius 1 is 0.333 bits per heavy atom. The van der Waals surface area contributed by atoms with Gasteiger partial charge in [0.15, 0.2) is 0 Å². The lowest BCUT2D eigenvalue weighted by molar-refractivity contribution is 0.671. The minimum Gasteiger partial charge on any atom is -0.455 e. The first kappa shape index (κ1) is 29.8. The van der Waals surface area contributed by atoms with Gasteiger partial charge in [0.25, 0.3) is 0 Å². The van der Waals surface area contributed by atoms with E-state index in [1.165, 1.54) is 96.5 Å². The molecule has 0 saturated heterocycles. The van der Waals surface area contributed by atoms with E-state index in [0.717, 1.165) is 22.1 Å². The Labute approximate surface area is 314 Å². The lowest BCUT2D eigenvalue weighted by atomic mass is 9.83. The molecule has 0 aliphatic heterocycles. The second kappa shape index (κ2) is 11.4. The van der Waals surface area contributed by atoms with Crippen LogP contribution >= 0.6 is 11.3 Å². The summed E-state index contributed by atoms with van der Waals surface area (Å²) >= 11 is 1.87. The van der Waals surface area contributed by atoms with Crippen LogP contribution in [-0.2, 0) is 0 Å². The summed E-state index contributed by atoms with van der Waals surface area (Å²) in [5.41, 5.74) is 9.18. The van der Waals surface area contributed by atoms with Gasteiger partial charge in [0, 0.05) is 36.5 Å². The third-order valence-corrected chi connectivity index (χ3v) is 12.5. The van der Waals surface area contributed by atoms with E-state index in [4.69, 9.17) is 4.42 Å². The Morgan fingerprint density at radius 3 is 1.57 bits per heavy atom. The fourth-order valence-electron chi connectivity index (χ4n) is 9.13.